The van der Waals surface area contributed by atoms with Crippen molar-refractivity contribution < 1.29 is 9.84 Å². The van der Waals surface area contributed by atoms with E-state index < -0.39 is 0 Å². The Bertz CT molecular complexity index is 1150. The van der Waals surface area contributed by atoms with Gasteiger partial charge in [0.1, 0.15) is 12.0 Å². The number of benzene rings is 2. The van der Waals surface area contributed by atoms with Gasteiger partial charge in [-0.1, -0.05) is 0 Å². The van der Waals surface area contributed by atoms with E-state index in [4.69, 9.17) is 4.74 Å². The van der Waals surface area contributed by atoms with Crippen LogP contribution in [0, 0.1) is 0 Å². The molecule has 1 aliphatic rings. The van der Waals surface area contributed by atoms with Gasteiger partial charge in [0, 0.05) is 35.9 Å². The van der Waals surface area contributed by atoms with Gasteiger partial charge in [-0.05, 0) is 61.4 Å². The number of rotatable bonds is 5. The topological polar surface area (TPSA) is 74.9 Å². The van der Waals surface area contributed by atoms with Crippen molar-refractivity contribution in [2.75, 3.05) is 23.9 Å². The normalized spacial score (nSPS) is 16.2. The molecule has 2 aromatic heterocycles. The molecule has 0 radical (unpaired) electrons. The third kappa shape index (κ3) is 3.33. The number of hydrogen-bond acceptors (Lipinski definition) is 6. The Morgan fingerprint density at radius 1 is 1.07 bits per heavy atom. The average Bonchev–Trinajstić information content (AvgIpc) is 3.41. The van der Waals surface area contributed by atoms with Gasteiger partial charge >= 0.3 is 0 Å². The Morgan fingerprint density at radius 2 is 1.87 bits per heavy atom. The smallest absolute Gasteiger partial charge is 0.180 e. The van der Waals surface area contributed by atoms with Crippen LogP contribution >= 0.6 is 0 Å². The Hall–Kier alpha value is -3.58. The van der Waals surface area contributed by atoms with Gasteiger partial charge in [0.25, 0.3) is 0 Å². The largest absolute Gasteiger partial charge is 0.497 e. The second-order valence-electron chi connectivity index (χ2n) is 7.33. The number of nitrogens with zero attached hydrogens (tertiary/aromatic N) is 4. The molecule has 1 unspecified atom stereocenters. The first-order valence-electron chi connectivity index (χ1n) is 10.0. The van der Waals surface area contributed by atoms with Crippen molar-refractivity contribution in [3.05, 3.63) is 67.1 Å². The minimum absolute atomic E-state index is 0.388. The molecule has 5 rings (SSSR count). The molecule has 0 saturated carbocycles. The van der Waals surface area contributed by atoms with E-state index in [0.29, 0.717) is 5.82 Å². The summed E-state index contributed by atoms with van der Waals surface area (Å²) in [4.78, 5) is 11.1. The maximum Gasteiger partial charge on any atom is 0.180 e. The lowest BCUT2D eigenvalue weighted by molar-refractivity contribution is 0.186. The molecule has 152 valence electrons. The summed E-state index contributed by atoms with van der Waals surface area (Å²) in [5.74, 6) is 1.51. The van der Waals surface area contributed by atoms with Crippen LogP contribution in [-0.4, -0.2) is 39.4 Å². The van der Waals surface area contributed by atoms with Crippen LogP contribution in [-0.2, 0) is 0 Å². The quantitative estimate of drug-likeness (QED) is 0.525. The zero-order valence-electron chi connectivity index (χ0n) is 16.7. The van der Waals surface area contributed by atoms with E-state index >= 15 is 0 Å². The molecule has 1 fully saturated rings. The van der Waals surface area contributed by atoms with E-state index in [1.54, 1.807) is 13.3 Å². The van der Waals surface area contributed by atoms with E-state index in [0.717, 1.165) is 53.4 Å². The number of hydrogen-bond donors (Lipinski definition) is 2. The minimum atomic E-state index is -0.388. The molecule has 1 saturated heterocycles. The molecule has 2 aromatic carbocycles. The molecule has 0 bridgehead atoms. The number of nitrogens with one attached hydrogen (secondary N) is 1. The molecule has 0 aliphatic carbocycles. The van der Waals surface area contributed by atoms with Gasteiger partial charge < -0.3 is 20.1 Å². The third-order valence-electron chi connectivity index (χ3n) is 5.50. The number of ether oxygens (including phenoxy) is 1. The number of methoxy groups -OCH3 is 1. The highest BCUT2D eigenvalue weighted by Crippen LogP contribution is 2.29. The molecule has 7 heteroatoms. The second kappa shape index (κ2) is 7.68. The second-order valence-corrected chi connectivity index (χ2v) is 7.33. The predicted octanol–water partition coefficient (Wildman–Crippen LogP) is 4.07. The van der Waals surface area contributed by atoms with E-state index in [1.807, 2.05) is 70.2 Å². The number of anilines is 3. The molecular formula is C23H23N5O2. The van der Waals surface area contributed by atoms with E-state index in [2.05, 4.69) is 15.3 Å². The molecule has 2 N–H and O–H groups in total. The Labute approximate surface area is 174 Å². The number of imidazole rings is 1. The van der Waals surface area contributed by atoms with Gasteiger partial charge in [-0.25, -0.2) is 9.97 Å². The first kappa shape index (κ1) is 18.4. The highest BCUT2D eigenvalue weighted by atomic mass is 16.5. The summed E-state index contributed by atoms with van der Waals surface area (Å²) in [5, 5.41) is 13.4. The summed E-state index contributed by atoms with van der Waals surface area (Å²) < 4.78 is 7.27. The number of aliphatic hydroxyl groups excluding tert-OH is 1. The first-order valence-corrected chi connectivity index (χ1v) is 10.0. The molecule has 3 heterocycles. The fraction of sp³-hybridized carbons (Fsp3) is 0.217. The number of aromatic nitrogens is 3. The number of aliphatic hydroxyl groups is 1. The summed E-state index contributed by atoms with van der Waals surface area (Å²) in [6.45, 7) is 0.886. The molecule has 30 heavy (non-hydrogen) atoms. The monoisotopic (exact) mass is 401 g/mol. The Kier molecular flexibility index (Phi) is 4.72. The Balaban J connectivity index is 1.41. The standard InChI is InChI=1S/C23H23N5O2/c1-30-19-10-4-16(5-11-19)20-15-25-23-22(24-12-14-28(20)23)26-17-6-8-18(9-7-17)27-13-2-3-21(27)29/h4-12,14-15,21,29H,2-3,13H2,1H3,(H,24,26). The average molecular weight is 401 g/mol. The highest BCUT2D eigenvalue weighted by Gasteiger charge is 2.22. The van der Waals surface area contributed by atoms with Crippen LogP contribution in [0.3, 0.4) is 0 Å². The van der Waals surface area contributed by atoms with Crippen molar-refractivity contribution in [2.24, 2.45) is 0 Å². The fourth-order valence-electron chi connectivity index (χ4n) is 3.91. The van der Waals surface area contributed by atoms with Crippen LogP contribution in [0.1, 0.15) is 12.8 Å². The van der Waals surface area contributed by atoms with Crippen LogP contribution < -0.4 is 15.0 Å². The molecule has 4 aromatic rings. The van der Waals surface area contributed by atoms with Crippen LogP contribution in [0.15, 0.2) is 67.1 Å². The maximum absolute atomic E-state index is 10.1. The van der Waals surface area contributed by atoms with Gasteiger partial charge in [0.2, 0.25) is 0 Å². The van der Waals surface area contributed by atoms with E-state index in [-0.39, 0.29) is 6.23 Å². The molecule has 1 aliphatic heterocycles. The first-order chi connectivity index (χ1) is 14.7. The predicted molar refractivity (Wildman–Crippen MR) is 117 cm³/mol. The van der Waals surface area contributed by atoms with Crippen molar-refractivity contribution >= 4 is 22.8 Å². The molecule has 0 spiro atoms. The SMILES string of the molecule is COc1ccc(-c2cnc3c(Nc4ccc(N5CCCC5O)cc4)nccn23)cc1. The van der Waals surface area contributed by atoms with Crippen LogP contribution in [0.2, 0.25) is 0 Å². The van der Waals surface area contributed by atoms with Crippen molar-refractivity contribution in [3.8, 4) is 17.0 Å². The lowest BCUT2D eigenvalue weighted by atomic mass is 10.1. The van der Waals surface area contributed by atoms with Crippen LogP contribution in [0.25, 0.3) is 16.9 Å². The lowest BCUT2D eigenvalue weighted by Crippen LogP contribution is -2.28. The zero-order valence-corrected chi connectivity index (χ0v) is 16.7. The lowest BCUT2D eigenvalue weighted by Gasteiger charge is -2.22. The summed E-state index contributed by atoms with van der Waals surface area (Å²) >= 11 is 0. The summed E-state index contributed by atoms with van der Waals surface area (Å²) in [6, 6.07) is 15.9. The van der Waals surface area contributed by atoms with E-state index in [9.17, 15) is 5.11 Å². The van der Waals surface area contributed by atoms with Crippen LogP contribution in [0.4, 0.5) is 17.2 Å². The molecule has 0 amide bonds. The van der Waals surface area contributed by atoms with E-state index in [1.165, 1.54) is 0 Å². The van der Waals surface area contributed by atoms with Gasteiger partial charge in [-0.3, -0.25) is 4.40 Å². The Morgan fingerprint density at radius 3 is 2.57 bits per heavy atom. The molecular weight excluding hydrogens is 378 g/mol. The van der Waals surface area contributed by atoms with Crippen molar-refractivity contribution in [1.29, 1.82) is 0 Å². The van der Waals surface area contributed by atoms with Crippen molar-refractivity contribution in [3.63, 3.8) is 0 Å². The molecule has 1 atom stereocenters. The van der Waals surface area contributed by atoms with Gasteiger partial charge in [0.15, 0.2) is 11.5 Å². The number of fused-ring (bicyclic) bond motifs is 1. The maximum atomic E-state index is 10.1. The summed E-state index contributed by atoms with van der Waals surface area (Å²) in [7, 11) is 1.66. The van der Waals surface area contributed by atoms with Gasteiger partial charge in [-0.15, -0.1) is 0 Å². The summed E-state index contributed by atoms with van der Waals surface area (Å²) in [5.41, 5.74) is 4.73. The van der Waals surface area contributed by atoms with Crippen molar-refractivity contribution in [1.82, 2.24) is 14.4 Å². The molecule has 7 nitrogen and oxygen atoms in total. The third-order valence-corrected chi connectivity index (χ3v) is 5.50. The highest BCUT2D eigenvalue weighted by molar-refractivity contribution is 5.74. The van der Waals surface area contributed by atoms with Gasteiger partial charge in [0.05, 0.1) is 19.0 Å². The minimum Gasteiger partial charge on any atom is -0.497 e. The van der Waals surface area contributed by atoms with Crippen LogP contribution in [0.5, 0.6) is 5.75 Å². The van der Waals surface area contributed by atoms with Gasteiger partial charge in [-0.2, -0.15) is 0 Å². The fourth-order valence-corrected chi connectivity index (χ4v) is 3.91. The van der Waals surface area contributed by atoms with Crippen molar-refractivity contribution in [2.45, 2.75) is 19.1 Å². The zero-order chi connectivity index (χ0) is 20.5. The summed E-state index contributed by atoms with van der Waals surface area (Å²) in [6.07, 6.45) is 6.97.